The van der Waals surface area contributed by atoms with Crippen LogP contribution in [0.25, 0.3) is 0 Å². The van der Waals surface area contributed by atoms with Gasteiger partial charge in [-0.1, -0.05) is 52.7 Å². The summed E-state index contributed by atoms with van der Waals surface area (Å²) in [4.78, 5) is 26.6. The van der Waals surface area contributed by atoms with E-state index in [2.05, 4.69) is 45.1 Å². The Morgan fingerprint density at radius 3 is 2.50 bits per heavy atom. The number of amides is 3. The van der Waals surface area contributed by atoms with E-state index in [4.69, 9.17) is 4.74 Å². The molecule has 1 aromatic rings. The van der Waals surface area contributed by atoms with Gasteiger partial charge in [0.05, 0.1) is 6.54 Å². The number of hydrogen-bond donors (Lipinski definition) is 1. The molecule has 0 aromatic heterocycles. The van der Waals surface area contributed by atoms with Crippen LogP contribution in [0.5, 0.6) is 5.75 Å². The van der Waals surface area contributed by atoms with E-state index in [9.17, 15) is 9.59 Å². The zero-order valence-electron chi connectivity index (χ0n) is 16.3. The molecule has 1 aliphatic heterocycles. The van der Waals surface area contributed by atoms with Crippen LogP contribution in [0.2, 0.25) is 0 Å². The quantitative estimate of drug-likeness (QED) is 0.832. The van der Waals surface area contributed by atoms with Gasteiger partial charge in [0.2, 0.25) is 0 Å². The maximum Gasteiger partial charge on any atom is 0.325 e. The summed E-state index contributed by atoms with van der Waals surface area (Å²) in [5.74, 6) is 0.857. The number of hydrogen-bond acceptors (Lipinski definition) is 3. The van der Waals surface area contributed by atoms with E-state index in [1.807, 2.05) is 12.1 Å². The molecule has 1 saturated carbocycles. The van der Waals surface area contributed by atoms with Gasteiger partial charge in [-0.15, -0.1) is 0 Å². The number of nitrogens with zero attached hydrogens (tertiary/aromatic N) is 1. The van der Waals surface area contributed by atoms with Crippen molar-refractivity contribution in [3.8, 4) is 5.75 Å². The monoisotopic (exact) mass is 358 g/mol. The molecule has 1 aliphatic carbocycles. The molecule has 1 heterocycles. The predicted octanol–water partition coefficient (Wildman–Crippen LogP) is 3.86. The van der Waals surface area contributed by atoms with Gasteiger partial charge in [-0.05, 0) is 41.9 Å². The van der Waals surface area contributed by atoms with Gasteiger partial charge in [-0.2, -0.15) is 0 Å². The lowest BCUT2D eigenvalue weighted by Crippen LogP contribution is -2.54. The smallest absolute Gasteiger partial charge is 0.325 e. The highest BCUT2D eigenvalue weighted by molar-refractivity contribution is 6.07. The summed E-state index contributed by atoms with van der Waals surface area (Å²) in [6.07, 6.45) is 3.83. The minimum atomic E-state index is -0.691. The number of urea groups is 1. The molecule has 142 valence electrons. The summed E-state index contributed by atoms with van der Waals surface area (Å²) >= 11 is 0. The molecule has 5 nitrogen and oxygen atoms in total. The molecule has 5 heteroatoms. The molecule has 2 atom stereocenters. The maximum atomic E-state index is 12.9. The Labute approximate surface area is 156 Å². The van der Waals surface area contributed by atoms with Crippen LogP contribution in [0.4, 0.5) is 4.79 Å². The van der Waals surface area contributed by atoms with E-state index in [0.29, 0.717) is 6.61 Å². The molecular weight excluding hydrogens is 328 g/mol. The fraction of sp³-hybridized carbons (Fsp3) is 0.619. The maximum absolute atomic E-state index is 12.9. The van der Waals surface area contributed by atoms with Crippen LogP contribution in [-0.2, 0) is 10.2 Å². The number of carbonyl (C=O) groups excluding carboxylic acids is 2. The molecule has 1 aromatic carbocycles. The Balaban J connectivity index is 1.58. The van der Waals surface area contributed by atoms with Crippen molar-refractivity contribution in [1.82, 2.24) is 10.2 Å². The van der Waals surface area contributed by atoms with Crippen molar-refractivity contribution in [2.75, 3.05) is 13.2 Å². The number of nitrogens with one attached hydrogen (secondary N) is 1. The molecule has 3 amide bonds. The van der Waals surface area contributed by atoms with Crippen molar-refractivity contribution in [3.05, 3.63) is 29.8 Å². The molecule has 0 bridgehead atoms. The second kappa shape index (κ2) is 6.93. The Morgan fingerprint density at radius 2 is 1.88 bits per heavy atom. The van der Waals surface area contributed by atoms with Crippen LogP contribution < -0.4 is 10.1 Å². The number of benzene rings is 1. The Bertz CT molecular complexity index is 677. The minimum Gasteiger partial charge on any atom is -0.492 e. The highest BCUT2D eigenvalue weighted by Gasteiger charge is 2.54. The summed E-state index contributed by atoms with van der Waals surface area (Å²) in [6, 6.07) is 7.72. The SMILES string of the molecule is CC1CCCCC12NC(=O)N(CCOc1ccc(C(C)(C)C)cc1)C2=O. The third-order valence-electron chi connectivity index (χ3n) is 5.81. The van der Waals surface area contributed by atoms with E-state index in [1.165, 1.54) is 10.5 Å². The van der Waals surface area contributed by atoms with Crippen LogP contribution >= 0.6 is 0 Å². The third-order valence-corrected chi connectivity index (χ3v) is 5.81. The van der Waals surface area contributed by atoms with E-state index >= 15 is 0 Å². The first-order valence-corrected chi connectivity index (χ1v) is 9.61. The van der Waals surface area contributed by atoms with Gasteiger partial charge in [0.1, 0.15) is 17.9 Å². The number of rotatable bonds is 4. The summed E-state index contributed by atoms with van der Waals surface area (Å²) in [7, 11) is 0. The fourth-order valence-electron chi connectivity index (χ4n) is 4.00. The first-order chi connectivity index (χ1) is 12.2. The highest BCUT2D eigenvalue weighted by Crippen LogP contribution is 2.38. The highest BCUT2D eigenvalue weighted by atomic mass is 16.5. The summed E-state index contributed by atoms with van der Waals surface area (Å²) in [5, 5.41) is 2.97. The van der Waals surface area contributed by atoms with E-state index in [-0.39, 0.29) is 29.8 Å². The lowest BCUT2D eigenvalue weighted by atomic mass is 9.73. The Kier molecular flexibility index (Phi) is 5.00. The first kappa shape index (κ1) is 18.7. The molecule has 2 aliphatic rings. The normalized spacial score (nSPS) is 26.3. The number of carbonyl (C=O) groups is 2. The summed E-state index contributed by atoms with van der Waals surface area (Å²) in [6.45, 7) is 9.15. The van der Waals surface area contributed by atoms with Crippen LogP contribution in [0.1, 0.15) is 58.9 Å². The molecule has 3 rings (SSSR count). The lowest BCUT2D eigenvalue weighted by molar-refractivity contribution is -0.134. The van der Waals surface area contributed by atoms with Crippen LogP contribution in [0.15, 0.2) is 24.3 Å². The standard InChI is InChI=1S/C21H30N2O3/c1-15-7-5-6-12-21(15)18(24)23(19(25)22-21)13-14-26-17-10-8-16(9-11-17)20(2,3)4/h8-11,15H,5-7,12-14H2,1-4H3,(H,22,25). The third kappa shape index (κ3) is 3.44. The molecule has 26 heavy (non-hydrogen) atoms. The average Bonchev–Trinajstić information content (AvgIpc) is 2.82. The Hall–Kier alpha value is -2.04. The largest absolute Gasteiger partial charge is 0.492 e. The Morgan fingerprint density at radius 1 is 1.19 bits per heavy atom. The van der Waals surface area contributed by atoms with Gasteiger partial charge < -0.3 is 10.1 Å². The van der Waals surface area contributed by atoms with Crippen LogP contribution in [0, 0.1) is 5.92 Å². The van der Waals surface area contributed by atoms with Crippen molar-refractivity contribution < 1.29 is 14.3 Å². The predicted molar refractivity (Wildman–Crippen MR) is 101 cm³/mol. The number of imide groups is 1. The minimum absolute atomic E-state index is 0.0821. The second-order valence-corrected chi connectivity index (χ2v) is 8.63. The van der Waals surface area contributed by atoms with E-state index in [1.54, 1.807) is 0 Å². The van der Waals surface area contributed by atoms with Gasteiger partial charge in [-0.25, -0.2) is 4.79 Å². The molecule has 1 N–H and O–H groups in total. The molecule has 1 saturated heterocycles. The lowest BCUT2D eigenvalue weighted by Gasteiger charge is -2.36. The zero-order valence-corrected chi connectivity index (χ0v) is 16.3. The van der Waals surface area contributed by atoms with Gasteiger partial charge in [0.25, 0.3) is 5.91 Å². The number of ether oxygens (including phenoxy) is 1. The first-order valence-electron chi connectivity index (χ1n) is 9.61. The van der Waals surface area contributed by atoms with Crippen molar-refractivity contribution >= 4 is 11.9 Å². The van der Waals surface area contributed by atoms with Crippen molar-refractivity contribution in [2.24, 2.45) is 5.92 Å². The molecule has 2 unspecified atom stereocenters. The molecule has 2 fully saturated rings. The second-order valence-electron chi connectivity index (χ2n) is 8.63. The van der Waals surface area contributed by atoms with Crippen molar-refractivity contribution in [2.45, 2.75) is 64.3 Å². The molecule has 1 spiro atoms. The summed E-state index contributed by atoms with van der Waals surface area (Å²) < 4.78 is 5.76. The molecule has 0 radical (unpaired) electrons. The average molecular weight is 358 g/mol. The fourth-order valence-corrected chi connectivity index (χ4v) is 4.00. The summed E-state index contributed by atoms with van der Waals surface area (Å²) in [5.41, 5.74) is 0.653. The van der Waals surface area contributed by atoms with Crippen LogP contribution in [0.3, 0.4) is 0 Å². The molecular formula is C21H30N2O3. The van der Waals surface area contributed by atoms with Gasteiger partial charge in [0.15, 0.2) is 0 Å². The van der Waals surface area contributed by atoms with Crippen molar-refractivity contribution in [1.29, 1.82) is 0 Å². The van der Waals surface area contributed by atoms with Gasteiger partial charge in [0, 0.05) is 0 Å². The van der Waals surface area contributed by atoms with Crippen molar-refractivity contribution in [3.63, 3.8) is 0 Å². The van der Waals surface area contributed by atoms with E-state index in [0.717, 1.165) is 31.4 Å². The van der Waals surface area contributed by atoms with Crippen LogP contribution in [-0.4, -0.2) is 35.5 Å². The van der Waals surface area contributed by atoms with Gasteiger partial charge in [-0.3, -0.25) is 9.69 Å². The van der Waals surface area contributed by atoms with Gasteiger partial charge >= 0.3 is 6.03 Å². The topological polar surface area (TPSA) is 58.6 Å². The van der Waals surface area contributed by atoms with E-state index < -0.39 is 5.54 Å². The zero-order chi connectivity index (χ0) is 18.9.